The molecule has 0 unspecified atom stereocenters. The van der Waals surface area contributed by atoms with Crippen molar-refractivity contribution in [3.05, 3.63) is 23.8 Å². The molecule has 4 rings (SSSR count). The van der Waals surface area contributed by atoms with Gasteiger partial charge in [0.1, 0.15) is 0 Å². The number of benzene rings is 1. The minimum Gasteiger partial charge on any atom is -0.342 e. The van der Waals surface area contributed by atoms with Gasteiger partial charge in [0.2, 0.25) is 21.8 Å². The van der Waals surface area contributed by atoms with Gasteiger partial charge in [-0.05, 0) is 68.7 Å². The number of amides is 2. The van der Waals surface area contributed by atoms with Crippen molar-refractivity contribution in [3.8, 4) is 0 Å². The lowest BCUT2D eigenvalue weighted by Crippen LogP contribution is -2.46. The highest BCUT2D eigenvalue weighted by Crippen LogP contribution is 2.35. The van der Waals surface area contributed by atoms with Gasteiger partial charge in [-0.3, -0.25) is 9.59 Å². The molecule has 31 heavy (non-hydrogen) atoms. The topological polar surface area (TPSA) is 78.0 Å². The lowest BCUT2D eigenvalue weighted by Gasteiger charge is -2.36. The molecule has 3 aliphatic rings. The third-order valence-corrected chi connectivity index (χ3v) is 8.91. The molecule has 2 fully saturated rings. The molecule has 0 aromatic heterocycles. The molecule has 2 atom stereocenters. The van der Waals surface area contributed by atoms with Gasteiger partial charge in [0.15, 0.2) is 0 Å². The van der Waals surface area contributed by atoms with Gasteiger partial charge in [-0.15, -0.1) is 0 Å². The van der Waals surface area contributed by atoms with E-state index in [4.69, 9.17) is 0 Å². The van der Waals surface area contributed by atoms with Crippen LogP contribution in [0, 0.1) is 11.8 Å². The average Bonchev–Trinajstić information content (AvgIpc) is 3.08. The summed E-state index contributed by atoms with van der Waals surface area (Å²) < 4.78 is 28.0. The molecule has 170 valence electrons. The maximum Gasteiger partial charge on any atom is 0.243 e. The van der Waals surface area contributed by atoms with E-state index in [-0.39, 0.29) is 28.7 Å². The fourth-order valence-corrected chi connectivity index (χ4v) is 6.91. The van der Waals surface area contributed by atoms with Crippen molar-refractivity contribution in [2.45, 2.75) is 63.8 Å². The highest BCUT2D eigenvalue weighted by Gasteiger charge is 2.36. The normalized spacial score (nSPS) is 25.5. The van der Waals surface area contributed by atoms with Crippen LogP contribution in [0.3, 0.4) is 0 Å². The van der Waals surface area contributed by atoms with Crippen LogP contribution in [0.1, 0.15) is 52.0 Å². The molecular formula is C23H33N3O4S. The number of sulfonamides is 1. The Bertz CT molecular complexity index is 969. The quantitative estimate of drug-likeness (QED) is 0.714. The van der Waals surface area contributed by atoms with E-state index in [0.717, 1.165) is 30.8 Å². The number of likely N-dealkylation sites (tertiary alicyclic amines) is 1. The summed E-state index contributed by atoms with van der Waals surface area (Å²) in [6.45, 7) is 8.08. The van der Waals surface area contributed by atoms with Gasteiger partial charge >= 0.3 is 0 Å². The summed E-state index contributed by atoms with van der Waals surface area (Å²) in [5.74, 6) is 0.623. The first-order valence-electron chi connectivity index (χ1n) is 11.4. The van der Waals surface area contributed by atoms with E-state index in [1.54, 1.807) is 23.1 Å². The Labute approximate surface area is 185 Å². The third kappa shape index (κ3) is 4.24. The Morgan fingerprint density at radius 1 is 1.03 bits per heavy atom. The second kappa shape index (κ2) is 8.54. The SMILES string of the molecule is CC(=O)N1c2ccc(S(=O)(=O)N3CCC(C(=O)N4CCC[C@H](C)C4)CC3)cc2C[C@@H]1C. The summed E-state index contributed by atoms with van der Waals surface area (Å²) >= 11 is 0. The Morgan fingerprint density at radius 2 is 1.74 bits per heavy atom. The van der Waals surface area contributed by atoms with Crippen LogP contribution in [0.2, 0.25) is 0 Å². The number of fused-ring (bicyclic) bond motifs is 1. The van der Waals surface area contributed by atoms with E-state index in [2.05, 4.69) is 6.92 Å². The molecule has 0 saturated carbocycles. The number of nitrogens with zero attached hydrogens (tertiary/aromatic N) is 3. The van der Waals surface area contributed by atoms with Crippen LogP contribution in [0.4, 0.5) is 5.69 Å². The van der Waals surface area contributed by atoms with Crippen LogP contribution in [-0.2, 0) is 26.0 Å². The highest BCUT2D eigenvalue weighted by molar-refractivity contribution is 7.89. The smallest absolute Gasteiger partial charge is 0.243 e. The predicted octanol–water partition coefficient (Wildman–Crippen LogP) is 2.64. The molecule has 1 aromatic carbocycles. The van der Waals surface area contributed by atoms with E-state index in [0.29, 0.717) is 38.3 Å². The van der Waals surface area contributed by atoms with Gasteiger partial charge in [0, 0.05) is 50.7 Å². The summed E-state index contributed by atoms with van der Waals surface area (Å²) in [5, 5.41) is 0. The third-order valence-electron chi connectivity index (χ3n) is 7.02. The zero-order chi connectivity index (χ0) is 22.3. The van der Waals surface area contributed by atoms with Crippen LogP contribution in [0.5, 0.6) is 0 Å². The van der Waals surface area contributed by atoms with E-state index in [1.807, 2.05) is 11.8 Å². The van der Waals surface area contributed by atoms with Crippen molar-refractivity contribution < 1.29 is 18.0 Å². The Balaban J connectivity index is 1.43. The maximum absolute atomic E-state index is 13.3. The number of carbonyl (C=O) groups excluding carboxylic acids is 2. The molecule has 8 heteroatoms. The lowest BCUT2D eigenvalue weighted by atomic mass is 9.93. The minimum absolute atomic E-state index is 0.0308. The Hall–Kier alpha value is -1.93. The summed E-state index contributed by atoms with van der Waals surface area (Å²) in [5.41, 5.74) is 1.70. The highest BCUT2D eigenvalue weighted by atomic mass is 32.2. The zero-order valence-corrected chi connectivity index (χ0v) is 19.5. The van der Waals surface area contributed by atoms with Crippen LogP contribution < -0.4 is 4.90 Å². The molecule has 0 aliphatic carbocycles. The van der Waals surface area contributed by atoms with E-state index < -0.39 is 10.0 Å². The molecule has 7 nitrogen and oxygen atoms in total. The molecule has 0 spiro atoms. The molecular weight excluding hydrogens is 414 g/mol. The molecule has 2 saturated heterocycles. The molecule has 3 aliphatic heterocycles. The van der Waals surface area contributed by atoms with Gasteiger partial charge in [-0.2, -0.15) is 4.31 Å². The van der Waals surface area contributed by atoms with Gasteiger partial charge < -0.3 is 9.80 Å². The number of hydrogen-bond donors (Lipinski definition) is 0. The second-order valence-electron chi connectivity index (χ2n) is 9.44. The minimum atomic E-state index is -3.62. The van der Waals surface area contributed by atoms with Crippen LogP contribution in [-0.4, -0.2) is 61.7 Å². The number of piperidine rings is 2. The van der Waals surface area contributed by atoms with E-state index >= 15 is 0 Å². The first-order valence-corrected chi connectivity index (χ1v) is 12.8. The first kappa shape index (κ1) is 22.3. The molecule has 1 aromatic rings. The number of rotatable bonds is 3. The largest absolute Gasteiger partial charge is 0.342 e. The fourth-order valence-electron chi connectivity index (χ4n) is 5.39. The first-order chi connectivity index (χ1) is 14.7. The summed E-state index contributed by atoms with van der Waals surface area (Å²) in [6.07, 6.45) is 4.03. The summed E-state index contributed by atoms with van der Waals surface area (Å²) in [4.78, 5) is 28.8. The zero-order valence-electron chi connectivity index (χ0n) is 18.7. The molecule has 3 heterocycles. The number of hydrogen-bond acceptors (Lipinski definition) is 4. The van der Waals surface area contributed by atoms with Crippen molar-refractivity contribution in [1.82, 2.24) is 9.21 Å². The van der Waals surface area contributed by atoms with Gasteiger partial charge in [0.05, 0.1) is 4.90 Å². The van der Waals surface area contributed by atoms with E-state index in [9.17, 15) is 18.0 Å². The van der Waals surface area contributed by atoms with Gasteiger partial charge in [0.25, 0.3) is 0 Å². The molecule has 2 amide bonds. The molecule has 0 N–H and O–H groups in total. The van der Waals surface area contributed by atoms with Crippen molar-refractivity contribution in [2.24, 2.45) is 11.8 Å². The predicted molar refractivity (Wildman–Crippen MR) is 119 cm³/mol. The average molecular weight is 448 g/mol. The lowest BCUT2D eigenvalue weighted by molar-refractivity contribution is -0.138. The van der Waals surface area contributed by atoms with Crippen LogP contribution in [0.15, 0.2) is 23.1 Å². The Morgan fingerprint density at radius 3 is 2.39 bits per heavy atom. The van der Waals surface area contributed by atoms with Gasteiger partial charge in [-0.1, -0.05) is 6.92 Å². The second-order valence-corrected chi connectivity index (χ2v) is 11.4. The van der Waals surface area contributed by atoms with Crippen molar-refractivity contribution >= 4 is 27.5 Å². The number of anilines is 1. The summed E-state index contributed by atoms with van der Waals surface area (Å²) in [7, 11) is -3.62. The monoisotopic (exact) mass is 447 g/mol. The molecule has 0 radical (unpaired) electrons. The van der Waals surface area contributed by atoms with Crippen LogP contribution >= 0.6 is 0 Å². The van der Waals surface area contributed by atoms with Crippen molar-refractivity contribution in [2.75, 3.05) is 31.1 Å². The van der Waals surface area contributed by atoms with Crippen molar-refractivity contribution in [3.63, 3.8) is 0 Å². The van der Waals surface area contributed by atoms with Gasteiger partial charge in [-0.25, -0.2) is 8.42 Å². The van der Waals surface area contributed by atoms with Crippen molar-refractivity contribution in [1.29, 1.82) is 0 Å². The van der Waals surface area contributed by atoms with E-state index in [1.165, 1.54) is 17.6 Å². The van der Waals surface area contributed by atoms with Crippen LogP contribution in [0.25, 0.3) is 0 Å². The maximum atomic E-state index is 13.3. The standard InChI is InChI=1S/C23H33N3O4S/c1-16-5-4-10-24(15-16)23(28)19-8-11-25(12-9-19)31(29,30)21-6-7-22-20(14-21)13-17(2)26(22)18(3)27/h6-7,14,16-17,19H,4-5,8-13,15H2,1-3H3/t16-,17-/m0/s1. The molecule has 0 bridgehead atoms. The number of carbonyl (C=O) groups is 2. The Kier molecular flexibility index (Phi) is 6.14. The fraction of sp³-hybridized carbons (Fsp3) is 0.652. The summed E-state index contributed by atoms with van der Waals surface area (Å²) in [6, 6.07) is 5.11.